The molecule has 0 bridgehead atoms. The van der Waals surface area contributed by atoms with Crippen LogP contribution in [-0.4, -0.2) is 99.1 Å². The third-order valence-corrected chi connectivity index (χ3v) is 10.1. The van der Waals surface area contributed by atoms with E-state index in [-0.39, 0.29) is 54.5 Å². The van der Waals surface area contributed by atoms with Crippen LogP contribution in [0.25, 0.3) is 10.9 Å². The van der Waals surface area contributed by atoms with Crippen molar-refractivity contribution in [3.8, 4) is 0 Å². The molecule has 3 heterocycles. The lowest BCUT2D eigenvalue weighted by Crippen LogP contribution is -2.51. The molecule has 0 radical (unpaired) electrons. The summed E-state index contributed by atoms with van der Waals surface area (Å²) in [5.74, 6) is -1.39. The highest BCUT2D eigenvalue weighted by Gasteiger charge is 2.40. The number of carboxylic acid groups (broad SMARTS) is 1. The number of benzene rings is 2. The van der Waals surface area contributed by atoms with Gasteiger partial charge >= 0.3 is 5.97 Å². The summed E-state index contributed by atoms with van der Waals surface area (Å²) in [4.78, 5) is 42.8. The smallest absolute Gasteiger partial charge is 0.306 e. The Bertz CT molecular complexity index is 1610. The summed E-state index contributed by atoms with van der Waals surface area (Å²) in [6.07, 6.45) is 3.92. The molecule has 3 fully saturated rings. The van der Waals surface area contributed by atoms with Gasteiger partial charge < -0.3 is 24.8 Å². The molecule has 47 heavy (non-hydrogen) atoms. The number of rotatable bonds is 9. The minimum absolute atomic E-state index is 0.00199. The van der Waals surface area contributed by atoms with Crippen molar-refractivity contribution >= 4 is 46.0 Å². The van der Waals surface area contributed by atoms with Crippen LogP contribution in [0.3, 0.4) is 0 Å². The molecule has 2 saturated heterocycles. The summed E-state index contributed by atoms with van der Waals surface area (Å²) < 4.78 is 14.0. The van der Waals surface area contributed by atoms with Crippen molar-refractivity contribution in [3.63, 3.8) is 0 Å². The number of carbonyl (C=O) groups excluding carboxylic acids is 2. The van der Waals surface area contributed by atoms with Gasteiger partial charge in [0.1, 0.15) is 0 Å². The molecule has 0 spiro atoms. The number of nitrogens with zero attached hydrogens (tertiary/aromatic N) is 4. The van der Waals surface area contributed by atoms with Crippen LogP contribution in [0.2, 0.25) is 5.02 Å². The number of carboxylic acids is 1. The zero-order chi connectivity index (χ0) is 33.2. The molecular weight excluding hydrogens is 622 g/mol. The van der Waals surface area contributed by atoms with Crippen molar-refractivity contribution in [1.29, 1.82) is 0 Å². The van der Waals surface area contributed by atoms with E-state index >= 15 is 0 Å². The number of aryl methyl sites for hydroxylation is 1. The van der Waals surface area contributed by atoms with Gasteiger partial charge in [0.2, 0.25) is 5.91 Å². The van der Waals surface area contributed by atoms with Gasteiger partial charge in [0.25, 0.3) is 5.91 Å². The molecule has 4 atom stereocenters. The molecule has 2 amide bonds. The van der Waals surface area contributed by atoms with E-state index in [9.17, 15) is 19.5 Å². The molecule has 12 heteroatoms. The first kappa shape index (κ1) is 33.4. The Balaban J connectivity index is 1.11. The van der Waals surface area contributed by atoms with Gasteiger partial charge in [0.05, 0.1) is 59.5 Å². The minimum atomic E-state index is -0.731. The van der Waals surface area contributed by atoms with Crippen LogP contribution in [0, 0.1) is 5.92 Å². The fourth-order valence-electron chi connectivity index (χ4n) is 7.47. The van der Waals surface area contributed by atoms with E-state index in [1.165, 1.54) is 0 Å². The van der Waals surface area contributed by atoms with Crippen molar-refractivity contribution in [3.05, 3.63) is 58.7 Å². The Morgan fingerprint density at radius 2 is 1.77 bits per heavy atom. The molecule has 3 aromatic rings. The number of morpholine rings is 1. The van der Waals surface area contributed by atoms with Crippen molar-refractivity contribution in [1.82, 2.24) is 19.6 Å². The number of likely N-dealkylation sites (tertiary alicyclic amines) is 1. The Labute approximate surface area is 280 Å². The number of ether oxygens (including phenoxy) is 2. The van der Waals surface area contributed by atoms with Gasteiger partial charge in [0, 0.05) is 38.1 Å². The van der Waals surface area contributed by atoms with Gasteiger partial charge in [0.15, 0.2) is 5.69 Å². The van der Waals surface area contributed by atoms with Crippen molar-refractivity contribution < 1.29 is 29.0 Å². The number of amides is 2. The average Bonchev–Trinajstić information content (AvgIpc) is 3.63. The summed E-state index contributed by atoms with van der Waals surface area (Å²) in [5, 5.41) is 17.7. The van der Waals surface area contributed by atoms with Gasteiger partial charge in [-0.2, -0.15) is 5.10 Å². The van der Waals surface area contributed by atoms with E-state index in [0.29, 0.717) is 42.4 Å². The van der Waals surface area contributed by atoms with Crippen LogP contribution >= 0.6 is 11.6 Å². The fraction of sp³-hybridized carbons (Fsp3) is 0.543. The second-order valence-electron chi connectivity index (χ2n) is 13.4. The quantitative estimate of drug-likeness (QED) is 0.335. The molecule has 6 rings (SSSR count). The van der Waals surface area contributed by atoms with Crippen LogP contribution in [-0.2, 0) is 32.5 Å². The Morgan fingerprint density at radius 1 is 1.04 bits per heavy atom. The summed E-state index contributed by atoms with van der Waals surface area (Å²) in [7, 11) is 1.80. The molecule has 1 aliphatic carbocycles. The molecular formula is C35H44ClN5O6. The maximum absolute atomic E-state index is 13.9. The van der Waals surface area contributed by atoms with Crippen molar-refractivity contribution in [2.45, 2.75) is 82.8 Å². The highest BCUT2D eigenvalue weighted by Crippen LogP contribution is 2.31. The number of aromatic nitrogens is 2. The van der Waals surface area contributed by atoms with Crippen LogP contribution in [0.5, 0.6) is 0 Å². The largest absolute Gasteiger partial charge is 0.481 e. The minimum Gasteiger partial charge on any atom is -0.481 e. The second kappa shape index (κ2) is 14.3. The maximum atomic E-state index is 13.9. The Kier molecular flexibility index (Phi) is 10.2. The number of fused-ring (bicyclic) bond motifs is 1. The maximum Gasteiger partial charge on any atom is 0.306 e. The zero-order valence-corrected chi connectivity index (χ0v) is 28.0. The lowest BCUT2D eigenvalue weighted by Gasteiger charge is -2.38. The molecule has 3 aliphatic rings. The average molecular weight is 666 g/mol. The van der Waals surface area contributed by atoms with Gasteiger partial charge in [-0.25, -0.2) is 0 Å². The Hall–Kier alpha value is -3.51. The molecule has 11 nitrogen and oxygen atoms in total. The highest BCUT2D eigenvalue weighted by atomic mass is 35.5. The van der Waals surface area contributed by atoms with E-state index in [2.05, 4.69) is 29.2 Å². The first-order chi connectivity index (χ1) is 22.5. The van der Waals surface area contributed by atoms with E-state index in [0.717, 1.165) is 48.8 Å². The number of carbonyl (C=O) groups is 3. The number of nitrogens with one attached hydrogen (secondary N) is 1. The molecule has 2 N–H and O–H groups in total. The van der Waals surface area contributed by atoms with Crippen molar-refractivity contribution in [2.24, 2.45) is 13.0 Å². The molecule has 1 saturated carbocycles. The normalized spacial score (nSPS) is 26.9. The number of hydrogen-bond acceptors (Lipinski definition) is 7. The first-order valence-electron chi connectivity index (χ1n) is 16.6. The summed E-state index contributed by atoms with van der Waals surface area (Å²) in [6, 6.07) is 12.9. The van der Waals surface area contributed by atoms with E-state index in [4.69, 9.17) is 21.1 Å². The lowest BCUT2D eigenvalue weighted by atomic mass is 9.87. The molecule has 0 unspecified atom stereocenters. The summed E-state index contributed by atoms with van der Waals surface area (Å²) in [6.45, 7) is 6.85. The molecule has 1 aromatic heterocycles. The monoisotopic (exact) mass is 665 g/mol. The number of para-hydroxylation sites is 1. The topological polar surface area (TPSA) is 126 Å². The zero-order valence-electron chi connectivity index (χ0n) is 27.2. The van der Waals surface area contributed by atoms with Crippen LogP contribution in [0.1, 0.15) is 62.0 Å². The predicted molar refractivity (Wildman–Crippen MR) is 179 cm³/mol. The Morgan fingerprint density at radius 3 is 2.47 bits per heavy atom. The first-order valence-corrected chi connectivity index (χ1v) is 17.0. The van der Waals surface area contributed by atoms with Crippen molar-refractivity contribution in [2.75, 3.05) is 31.6 Å². The van der Waals surface area contributed by atoms with E-state index in [1.807, 2.05) is 35.2 Å². The SMILES string of the molecule is C[C@@H]1CN([C@H]2C[C@@H](CO[C@H]3CC[C@H](C(=O)O)CC3)N(C(=O)Cc3ccc(NC(=O)c4nn(C)c5ccccc45)c(Cl)c3)C2)C[C@H](C)O1. The molecule has 252 valence electrons. The summed E-state index contributed by atoms with van der Waals surface area (Å²) >= 11 is 6.63. The van der Waals surface area contributed by atoms with E-state index < -0.39 is 5.97 Å². The third-order valence-electron chi connectivity index (χ3n) is 9.83. The van der Waals surface area contributed by atoms with Gasteiger partial charge in [-0.15, -0.1) is 0 Å². The second-order valence-corrected chi connectivity index (χ2v) is 13.8. The highest BCUT2D eigenvalue weighted by molar-refractivity contribution is 6.34. The van der Waals surface area contributed by atoms with Crippen LogP contribution in [0.4, 0.5) is 5.69 Å². The molecule has 2 aromatic carbocycles. The van der Waals surface area contributed by atoms with Crippen LogP contribution in [0.15, 0.2) is 42.5 Å². The number of hydrogen-bond donors (Lipinski definition) is 2. The summed E-state index contributed by atoms with van der Waals surface area (Å²) in [5.41, 5.74) is 2.37. The predicted octanol–water partition coefficient (Wildman–Crippen LogP) is 4.76. The number of anilines is 1. The van der Waals surface area contributed by atoms with Gasteiger partial charge in [-0.1, -0.05) is 35.9 Å². The van der Waals surface area contributed by atoms with E-state index in [1.54, 1.807) is 23.9 Å². The number of halogens is 1. The lowest BCUT2D eigenvalue weighted by molar-refractivity contribution is -0.144. The molecule has 2 aliphatic heterocycles. The third kappa shape index (κ3) is 7.64. The van der Waals surface area contributed by atoms with Gasteiger partial charge in [-0.05, 0) is 69.7 Å². The number of aliphatic carboxylic acids is 1. The standard InChI is InChI=1S/C35H44ClN5O6/c1-21-17-40(18-22(2)47-21)25-16-26(20-46-27-11-9-24(10-12-27)35(44)45)41(19-25)32(42)15-23-8-13-30(29(36)14-23)37-34(43)33-28-6-4-5-7-31(28)39(3)38-33/h4-8,13-14,21-22,24-27H,9-12,15-20H2,1-3H3,(H,37,43)(H,44,45)/t21-,22+,24-,25-,26-,27-/m0/s1. The van der Waals surface area contributed by atoms with Gasteiger partial charge in [-0.3, -0.25) is 24.0 Å². The van der Waals surface area contributed by atoms with Crippen LogP contribution < -0.4 is 5.32 Å². The fourth-order valence-corrected chi connectivity index (χ4v) is 7.72.